The van der Waals surface area contributed by atoms with Crippen molar-refractivity contribution < 1.29 is 9.48 Å². The van der Waals surface area contributed by atoms with E-state index in [1.165, 1.54) is 16.4 Å². The van der Waals surface area contributed by atoms with Crippen molar-refractivity contribution in [1.29, 1.82) is 0 Å². The van der Waals surface area contributed by atoms with E-state index in [1.807, 2.05) is 72.8 Å². The highest BCUT2D eigenvalue weighted by atomic mass is 79.9. The molecule has 0 radical (unpaired) electrons. The summed E-state index contributed by atoms with van der Waals surface area (Å²) >= 11 is 4.93. The van der Waals surface area contributed by atoms with Gasteiger partial charge in [0.05, 0.1) is 22.5 Å². The largest absolute Gasteiger partial charge is 0.374 e. The molecule has 6 rings (SSSR count). The lowest BCUT2D eigenvalue weighted by Gasteiger charge is -2.28. The van der Waals surface area contributed by atoms with E-state index in [2.05, 4.69) is 31.5 Å². The number of para-hydroxylation sites is 1. The number of carbonyl (C=O) groups is 1. The normalized spacial score (nSPS) is 17.7. The molecule has 0 fully saturated rings. The first-order chi connectivity index (χ1) is 16.1. The van der Waals surface area contributed by atoms with E-state index in [0.717, 1.165) is 10.0 Å². The van der Waals surface area contributed by atoms with Gasteiger partial charge in [0.15, 0.2) is 0 Å². The molecule has 2 aliphatic rings. The number of carbonyl (C=O) groups excluding carboxylic acids is 1. The Morgan fingerprint density at radius 1 is 0.970 bits per heavy atom. The van der Waals surface area contributed by atoms with Crippen molar-refractivity contribution >= 4 is 45.0 Å². The number of hydrogen-bond acceptors (Lipinski definition) is 5. The summed E-state index contributed by atoms with van der Waals surface area (Å²) in [6, 6.07) is 23.0. The van der Waals surface area contributed by atoms with Crippen LogP contribution in [0, 0.1) is 0 Å². The molecule has 4 aromatic rings. The number of anilines is 2. The maximum atomic E-state index is 13.5. The summed E-state index contributed by atoms with van der Waals surface area (Å²) < 4.78 is 2.36. The van der Waals surface area contributed by atoms with Gasteiger partial charge >= 0.3 is 22.8 Å². The molecular weight excluding hydrogens is 502 g/mol. The van der Waals surface area contributed by atoms with E-state index in [9.17, 15) is 9.59 Å². The highest BCUT2D eigenvalue weighted by Crippen LogP contribution is 2.42. The van der Waals surface area contributed by atoms with Gasteiger partial charge in [0.25, 0.3) is 0 Å². The molecule has 9 heteroatoms. The number of hydrogen-bond donors (Lipinski definition) is 3. The molecule has 33 heavy (non-hydrogen) atoms. The van der Waals surface area contributed by atoms with E-state index in [4.69, 9.17) is 5.10 Å². The summed E-state index contributed by atoms with van der Waals surface area (Å²) in [6.45, 7) is 0. The second-order valence-electron chi connectivity index (χ2n) is 7.82. The minimum Gasteiger partial charge on any atom is -0.317 e. The molecule has 0 bridgehead atoms. The van der Waals surface area contributed by atoms with Crippen LogP contribution in [0.2, 0.25) is 0 Å². The molecule has 0 unspecified atom stereocenters. The minimum atomic E-state index is -1.39. The number of benzene rings is 3. The number of nitrogens with zero attached hydrogens (tertiary/aromatic N) is 2. The Labute approximate surface area is 201 Å². The third-order valence-corrected chi connectivity index (χ3v) is 7.25. The Balaban J connectivity index is 1.57. The summed E-state index contributed by atoms with van der Waals surface area (Å²) in [5.41, 5.74) is 2.50. The van der Waals surface area contributed by atoms with Crippen molar-refractivity contribution in [2.45, 2.75) is 16.6 Å². The van der Waals surface area contributed by atoms with Crippen LogP contribution < -0.4 is 20.9 Å². The number of nitrogens with one attached hydrogen (secondary N) is 3. The van der Waals surface area contributed by atoms with Gasteiger partial charge in [-0.2, -0.15) is 0 Å². The standard InChI is InChI=1S/C24H16BrN5O2S/c25-15-10-11-19-17(12-15)24(22(32)26-19)28-18-9-5-4-8-16(18)20-21(31)27-23(29-30(20)24)33-13-14-6-2-1-3-7-14/h1-12H,13H2,(H2,26,27,29,31,32)/p+1/t24-/m1/s1. The van der Waals surface area contributed by atoms with Crippen LogP contribution in [0.3, 0.4) is 0 Å². The lowest BCUT2D eigenvalue weighted by atomic mass is 9.95. The first-order valence-corrected chi connectivity index (χ1v) is 12.1. The fourth-order valence-electron chi connectivity index (χ4n) is 4.33. The SMILES string of the molecule is O=C1Nc2ccc(Br)cc2[C@]12Nc1ccccc1-c1c(=O)[nH]c(SCc3ccccc3)n[n+]12. The second-order valence-corrected chi connectivity index (χ2v) is 9.70. The lowest BCUT2D eigenvalue weighted by molar-refractivity contribution is -0.781. The number of fused-ring (bicyclic) bond motifs is 6. The first-order valence-electron chi connectivity index (χ1n) is 10.3. The van der Waals surface area contributed by atoms with Crippen molar-refractivity contribution in [3.05, 3.63) is 98.7 Å². The quantitative estimate of drug-likeness (QED) is 0.283. The predicted octanol–water partition coefficient (Wildman–Crippen LogP) is 3.86. The second kappa shape index (κ2) is 7.57. The highest BCUT2D eigenvalue weighted by Gasteiger charge is 2.62. The number of aromatic amines is 1. The van der Waals surface area contributed by atoms with Gasteiger partial charge in [0.1, 0.15) is 0 Å². The molecule has 3 N–H and O–H groups in total. The fourth-order valence-corrected chi connectivity index (χ4v) is 5.49. The van der Waals surface area contributed by atoms with Crippen LogP contribution in [0.25, 0.3) is 11.3 Å². The molecule has 3 aromatic carbocycles. The smallest absolute Gasteiger partial charge is 0.317 e. The average Bonchev–Trinajstić information content (AvgIpc) is 3.09. The average molecular weight is 519 g/mol. The molecule has 162 valence electrons. The monoisotopic (exact) mass is 518 g/mol. The van der Waals surface area contributed by atoms with Gasteiger partial charge in [-0.05, 0) is 40.6 Å². The zero-order valence-corrected chi connectivity index (χ0v) is 19.5. The van der Waals surface area contributed by atoms with Crippen LogP contribution in [-0.2, 0) is 16.2 Å². The van der Waals surface area contributed by atoms with Crippen LogP contribution in [0.15, 0.2) is 87.2 Å². The number of thioether (sulfide) groups is 1. The Hall–Kier alpha value is -3.43. The van der Waals surface area contributed by atoms with Gasteiger partial charge in [0.2, 0.25) is 5.16 Å². The van der Waals surface area contributed by atoms with E-state index in [1.54, 1.807) is 0 Å². The number of H-pyrrole nitrogens is 1. The molecule has 0 aliphatic carbocycles. The summed E-state index contributed by atoms with van der Waals surface area (Å²) in [4.78, 5) is 29.8. The Morgan fingerprint density at radius 2 is 1.76 bits per heavy atom. The first kappa shape index (κ1) is 20.2. The molecule has 2 aliphatic heterocycles. The van der Waals surface area contributed by atoms with Gasteiger partial charge in [-0.1, -0.05) is 70.2 Å². The number of aromatic nitrogens is 3. The molecule has 1 aromatic heterocycles. The van der Waals surface area contributed by atoms with E-state index in [-0.39, 0.29) is 11.5 Å². The third-order valence-electron chi connectivity index (χ3n) is 5.82. The molecule has 1 spiro atoms. The maximum absolute atomic E-state index is 13.5. The van der Waals surface area contributed by atoms with Crippen LogP contribution in [0.5, 0.6) is 0 Å². The van der Waals surface area contributed by atoms with Crippen LogP contribution in [-0.4, -0.2) is 16.0 Å². The maximum Gasteiger partial charge on any atom is 0.374 e. The number of amides is 1. The Bertz CT molecular complexity index is 1490. The lowest BCUT2D eigenvalue weighted by Crippen LogP contribution is -2.71. The number of halogens is 1. The molecule has 0 saturated heterocycles. The predicted molar refractivity (Wildman–Crippen MR) is 130 cm³/mol. The fraction of sp³-hybridized carbons (Fsp3) is 0.0833. The van der Waals surface area contributed by atoms with Crippen LogP contribution in [0.1, 0.15) is 11.1 Å². The minimum absolute atomic E-state index is 0.298. The van der Waals surface area contributed by atoms with Crippen molar-refractivity contribution in [1.82, 2.24) is 10.1 Å². The van der Waals surface area contributed by atoms with E-state index < -0.39 is 5.66 Å². The summed E-state index contributed by atoms with van der Waals surface area (Å²) in [6.07, 6.45) is 0. The van der Waals surface area contributed by atoms with Gasteiger partial charge in [-0.15, -0.1) is 0 Å². The molecule has 1 atom stereocenters. The molecular formula is C24H17BrN5O2S+. The molecule has 0 saturated carbocycles. The van der Waals surface area contributed by atoms with E-state index in [0.29, 0.717) is 39.1 Å². The van der Waals surface area contributed by atoms with Gasteiger partial charge in [-0.3, -0.25) is 14.6 Å². The third kappa shape index (κ3) is 3.11. The van der Waals surface area contributed by atoms with Crippen LogP contribution >= 0.6 is 27.7 Å². The Morgan fingerprint density at radius 3 is 2.61 bits per heavy atom. The van der Waals surface area contributed by atoms with Crippen molar-refractivity contribution in [3.63, 3.8) is 0 Å². The molecule has 3 heterocycles. The van der Waals surface area contributed by atoms with Gasteiger partial charge in [-0.25, -0.2) is 0 Å². The Kier molecular flexibility index (Phi) is 4.63. The van der Waals surface area contributed by atoms with Crippen LogP contribution in [0.4, 0.5) is 11.4 Å². The highest BCUT2D eigenvalue weighted by molar-refractivity contribution is 9.10. The summed E-state index contributed by atoms with van der Waals surface area (Å²) in [7, 11) is 0. The summed E-state index contributed by atoms with van der Waals surface area (Å²) in [5.74, 6) is 0.336. The van der Waals surface area contributed by atoms with Gasteiger partial charge < -0.3 is 10.6 Å². The summed E-state index contributed by atoms with van der Waals surface area (Å²) in [5, 5.41) is 11.6. The zero-order chi connectivity index (χ0) is 22.6. The zero-order valence-electron chi connectivity index (χ0n) is 17.1. The molecule has 1 amide bonds. The van der Waals surface area contributed by atoms with Crippen molar-refractivity contribution in [2.75, 3.05) is 10.6 Å². The van der Waals surface area contributed by atoms with Gasteiger partial charge in [0, 0.05) is 15.3 Å². The van der Waals surface area contributed by atoms with Crippen molar-refractivity contribution in [3.8, 4) is 11.3 Å². The molecule has 7 nitrogen and oxygen atoms in total. The van der Waals surface area contributed by atoms with E-state index >= 15 is 0 Å². The van der Waals surface area contributed by atoms with Crippen molar-refractivity contribution in [2.24, 2.45) is 0 Å². The topological polar surface area (TPSA) is 90.8 Å². The number of rotatable bonds is 3.